The summed E-state index contributed by atoms with van der Waals surface area (Å²) in [5.74, 6) is 0.465. The maximum atomic E-state index is 11.3. The van der Waals surface area contributed by atoms with Crippen LogP contribution in [0.4, 0.5) is 11.5 Å². The normalized spacial score (nSPS) is 17.4. The highest BCUT2D eigenvalue weighted by molar-refractivity contribution is 5.61. The standard InChI is InChI=1S/C13H22N4O3/c1-4-10-11(17(19)20)12(16(3)14-10)15(2)9-13(18)7-5-6-8-13/h18H,4-9H2,1-3H3. The van der Waals surface area contributed by atoms with E-state index in [4.69, 9.17) is 0 Å². The Bertz CT molecular complexity index is 506. The summed E-state index contributed by atoms with van der Waals surface area (Å²) in [6.07, 6.45) is 4.05. The molecule has 0 atom stereocenters. The molecule has 20 heavy (non-hydrogen) atoms. The van der Waals surface area contributed by atoms with E-state index < -0.39 is 5.60 Å². The van der Waals surface area contributed by atoms with Crippen molar-refractivity contribution in [2.24, 2.45) is 7.05 Å². The largest absolute Gasteiger partial charge is 0.388 e. The zero-order chi connectivity index (χ0) is 14.9. The van der Waals surface area contributed by atoms with Crippen molar-refractivity contribution in [2.45, 2.75) is 44.6 Å². The van der Waals surface area contributed by atoms with Crippen LogP contribution in [-0.4, -0.2) is 39.0 Å². The smallest absolute Gasteiger partial charge is 0.334 e. The molecule has 0 aliphatic heterocycles. The van der Waals surface area contributed by atoms with Gasteiger partial charge in [0.2, 0.25) is 5.82 Å². The van der Waals surface area contributed by atoms with Crippen LogP contribution in [0.25, 0.3) is 0 Å². The van der Waals surface area contributed by atoms with Crippen molar-refractivity contribution in [3.8, 4) is 0 Å². The Kier molecular flexibility index (Phi) is 3.99. The van der Waals surface area contributed by atoms with E-state index >= 15 is 0 Å². The van der Waals surface area contributed by atoms with Gasteiger partial charge in [0.1, 0.15) is 5.69 Å². The van der Waals surface area contributed by atoms with Crippen LogP contribution in [0.15, 0.2) is 0 Å². The van der Waals surface area contributed by atoms with Crippen molar-refractivity contribution in [3.63, 3.8) is 0 Å². The summed E-state index contributed by atoms with van der Waals surface area (Å²) in [6.45, 7) is 2.25. The number of nitro groups is 1. The third-order valence-electron chi connectivity index (χ3n) is 4.01. The lowest BCUT2D eigenvalue weighted by molar-refractivity contribution is -0.384. The molecule has 0 bridgehead atoms. The lowest BCUT2D eigenvalue weighted by atomic mass is 10.0. The molecule has 0 radical (unpaired) electrons. The molecule has 0 unspecified atom stereocenters. The molecule has 0 saturated heterocycles. The van der Waals surface area contributed by atoms with Gasteiger partial charge in [-0.2, -0.15) is 5.10 Å². The van der Waals surface area contributed by atoms with Gasteiger partial charge in [0, 0.05) is 20.6 Å². The van der Waals surface area contributed by atoms with Crippen LogP contribution >= 0.6 is 0 Å². The van der Waals surface area contributed by atoms with Crippen LogP contribution < -0.4 is 4.90 Å². The van der Waals surface area contributed by atoms with E-state index in [9.17, 15) is 15.2 Å². The summed E-state index contributed by atoms with van der Waals surface area (Å²) in [5.41, 5.74) is -0.198. The van der Waals surface area contributed by atoms with Crippen molar-refractivity contribution in [1.29, 1.82) is 0 Å². The number of aliphatic hydroxyl groups is 1. The molecule has 1 aliphatic rings. The van der Waals surface area contributed by atoms with E-state index in [1.165, 1.54) is 4.68 Å². The van der Waals surface area contributed by atoms with Crippen LogP contribution in [0.2, 0.25) is 0 Å². The number of rotatable bonds is 5. The number of hydrogen-bond donors (Lipinski definition) is 1. The van der Waals surface area contributed by atoms with E-state index in [1.807, 2.05) is 6.92 Å². The van der Waals surface area contributed by atoms with E-state index in [0.29, 0.717) is 24.5 Å². The fourth-order valence-electron chi connectivity index (χ4n) is 3.12. The van der Waals surface area contributed by atoms with Gasteiger partial charge < -0.3 is 10.0 Å². The molecular weight excluding hydrogens is 260 g/mol. The number of nitrogens with zero attached hydrogens (tertiary/aromatic N) is 4. The number of aryl methyl sites for hydroxylation is 2. The Morgan fingerprint density at radius 3 is 2.60 bits per heavy atom. The summed E-state index contributed by atoms with van der Waals surface area (Å²) in [6, 6.07) is 0. The van der Waals surface area contributed by atoms with Crippen molar-refractivity contribution < 1.29 is 10.0 Å². The zero-order valence-electron chi connectivity index (χ0n) is 12.3. The van der Waals surface area contributed by atoms with Gasteiger partial charge in [0.15, 0.2) is 0 Å². The van der Waals surface area contributed by atoms with Gasteiger partial charge in [-0.3, -0.25) is 10.1 Å². The van der Waals surface area contributed by atoms with Crippen LogP contribution in [0.3, 0.4) is 0 Å². The Morgan fingerprint density at radius 2 is 2.10 bits per heavy atom. The molecule has 0 amide bonds. The minimum atomic E-state index is -0.737. The molecule has 0 spiro atoms. The van der Waals surface area contributed by atoms with Crippen LogP contribution in [0.5, 0.6) is 0 Å². The van der Waals surface area contributed by atoms with E-state index in [1.54, 1.807) is 19.0 Å². The first-order chi connectivity index (χ1) is 9.38. The summed E-state index contributed by atoms with van der Waals surface area (Å²) in [7, 11) is 3.48. The molecule has 1 aromatic rings. The summed E-state index contributed by atoms with van der Waals surface area (Å²) in [5, 5.41) is 26.0. The van der Waals surface area contributed by atoms with E-state index in [0.717, 1.165) is 25.7 Å². The minimum absolute atomic E-state index is 0.0547. The van der Waals surface area contributed by atoms with Crippen LogP contribution in [0, 0.1) is 10.1 Å². The first-order valence-corrected chi connectivity index (χ1v) is 7.02. The van der Waals surface area contributed by atoms with Crippen LogP contribution in [0.1, 0.15) is 38.3 Å². The number of hydrogen-bond acceptors (Lipinski definition) is 5. The molecular formula is C13H22N4O3. The molecule has 1 fully saturated rings. The second-order valence-electron chi connectivity index (χ2n) is 5.64. The number of likely N-dealkylation sites (N-methyl/N-ethyl adjacent to an activating group) is 1. The third-order valence-corrected chi connectivity index (χ3v) is 4.01. The summed E-state index contributed by atoms with van der Waals surface area (Å²) < 4.78 is 1.54. The molecule has 2 rings (SSSR count). The van der Waals surface area contributed by atoms with Gasteiger partial charge in [-0.25, -0.2) is 4.68 Å². The van der Waals surface area contributed by atoms with Gasteiger partial charge in [0.25, 0.3) is 0 Å². The van der Waals surface area contributed by atoms with Gasteiger partial charge >= 0.3 is 5.69 Å². The minimum Gasteiger partial charge on any atom is -0.388 e. The molecule has 1 aliphatic carbocycles. The number of anilines is 1. The molecule has 1 saturated carbocycles. The zero-order valence-corrected chi connectivity index (χ0v) is 12.3. The van der Waals surface area contributed by atoms with Gasteiger partial charge in [-0.1, -0.05) is 19.8 Å². The third kappa shape index (κ3) is 2.63. The van der Waals surface area contributed by atoms with Crippen LogP contribution in [-0.2, 0) is 13.5 Å². The van der Waals surface area contributed by atoms with E-state index in [-0.39, 0.29) is 10.6 Å². The molecule has 1 aromatic heterocycles. The molecule has 7 heteroatoms. The molecule has 0 aromatic carbocycles. The highest BCUT2D eigenvalue weighted by atomic mass is 16.6. The lowest BCUT2D eigenvalue weighted by Gasteiger charge is -2.29. The Hall–Kier alpha value is -1.63. The van der Waals surface area contributed by atoms with Gasteiger partial charge in [0.05, 0.1) is 10.5 Å². The highest BCUT2D eigenvalue weighted by Crippen LogP contribution is 2.35. The molecule has 1 N–H and O–H groups in total. The molecule has 1 heterocycles. The SMILES string of the molecule is CCc1nn(C)c(N(C)CC2(O)CCCC2)c1[N+](=O)[O-]. The Morgan fingerprint density at radius 1 is 1.50 bits per heavy atom. The maximum absolute atomic E-state index is 11.3. The summed E-state index contributed by atoms with van der Waals surface area (Å²) in [4.78, 5) is 12.7. The average Bonchev–Trinajstić information content (AvgIpc) is 2.92. The first kappa shape index (κ1) is 14.8. The van der Waals surface area contributed by atoms with Crippen molar-refractivity contribution >= 4 is 11.5 Å². The van der Waals surface area contributed by atoms with E-state index in [2.05, 4.69) is 5.10 Å². The number of aromatic nitrogens is 2. The Balaban J connectivity index is 2.31. The Labute approximate surface area is 118 Å². The topological polar surface area (TPSA) is 84.4 Å². The maximum Gasteiger partial charge on any atom is 0.334 e. The predicted molar refractivity (Wildman–Crippen MR) is 75.9 cm³/mol. The van der Waals surface area contributed by atoms with Crippen molar-refractivity contribution in [1.82, 2.24) is 9.78 Å². The predicted octanol–water partition coefficient (Wildman–Crippen LogP) is 1.63. The molecule has 112 valence electrons. The fraction of sp³-hybridized carbons (Fsp3) is 0.769. The van der Waals surface area contributed by atoms with Crippen molar-refractivity contribution in [3.05, 3.63) is 15.8 Å². The fourth-order valence-corrected chi connectivity index (χ4v) is 3.12. The summed E-state index contributed by atoms with van der Waals surface area (Å²) >= 11 is 0. The monoisotopic (exact) mass is 282 g/mol. The average molecular weight is 282 g/mol. The second kappa shape index (κ2) is 5.40. The lowest BCUT2D eigenvalue weighted by Crippen LogP contribution is -2.40. The van der Waals surface area contributed by atoms with Gasteiger partial charge in [-0.15, -0.1) is 0 Å². The van der Waals surface area contributed by atoms with Gasteiger partial charge in [-0.05, 0) is 19.3 Å². The molecule has 7 nitrogen and oxygen atoms in total. The quantitative estimate of drug-likeness (QED) is 0.655. The first-order valence-electron chi connectivity index (χ1n) is 7.02. The second-order valence-corrected chi connectivity index (χ2v) is 5.64. The highest BCUT2D eigenvalue weighted by Gasteiger charge is 2.36. The van der Waals surface area contributed by atoms with Crippen molar-refractivity contribution in [2.75, 3.05) is 18.5 Å².